The molecule has 0 unspecified atom stereocenters. The highest BCUT2D eigenvalue weighted by Gasteiger charge is 2.21. The molecule has 1 saturated heterocycles. The monoisotopic (exact) mass is 281 g/mol. The summed E-state index contributed by atoms with van der Waals surface area (Å²) in [6.07, 6.45) is 2.26. The van der Waals surface area contributed by atoms with E-state index in [4.69, 9.17) is 23.8 Å². The van der Waals surface area contributed by atoms with Crippen molar-refractivity contribution in [1.82, 2.24) is 14.5 Å². The van der Waals surface area contributed by atoms with Gasteiger partial charge in [-0.2, -0.15) is 0 Å². The number of para-hydroxylation sites is 1. The van der Waals surface area contributed by atoms with Crippen LogP contribution in [-0.4, -0.2) is 34.6 Å². The van der Waals surface area contributed by atoms with Gasteiger partial charge in [0.2, 0.25) is 0 Å². The third-order valence-electron chi connectivity index (χ3n) is 3.74. The minimum absolute atomic E-state index is 0.461. The second-order valence-electron chi connectivity index (χ2n) is 4.97. The molecular formula is C13H16ClN3S. The maximum atomic E-state index is 6.33. The number of imidazole rings is 1. The average molecular weight is 282 g/mol. The van der Waals surface area contributed by atoms with E-state index in [0.29, 0.717) is 6.04 Å². The molecule has 1 N–H and O–H groups in total. The number of aromatic nitrogens is 2. The average Bonchev–Trinajstić information content (AvgIpc) is 2.68. The number of nitrogens with zero attached hydrogens (tertiary/aromatic N) is 2. The summed E-state index contributed by atoms with van der Waals surface area (Å²) >= 11 is 11.8. The lowest BCUT2D eigenvalue weighted by molar-refractivity contribution is 0.223. The highest BCUT2D eigenvalue weighted by Crippen LogP contribution is 2.30. The number of hydrogen-bond acceptors (Lipinski definition) is 2. The van der Waals surface area contributed by atoms with E-state index in [1.165, 1.54) is 0 Å². The molecule has 0 saturated carbocycles. The van der Waals surface area contributed by atoms with Crippen molar-refractivity contribution in [1.29, 1.82) is 0 Å². The molecule has 0 bridgehead atoms. The summed E-state index contributed by atoms with van der Waals surface area (Å²) in [4.78, 5) is 5.61. The van der Waals surface area contributed by atoms with Crippen molar-refractivity contribution in [2.45, 2.75) is 18.9 Å². The molecule has 3 nitrogen and oxygen atoms in total. The van der Waals surface area contributed by atoms with Crippen LogP contribution in [0.15, 0.2) is 18.2 Å². The van der Waals surface area contributed by atoms with Crippen molar-refractivity contribution < 1.29 is 0 Å². The number of halogens is 1. The van der Waals surface area contributed by atoms with Crippen LogP contribution in [0.4, 0.5) is 0 Å². The van der Waals surface area contributed by atoms with E-state index in [2.05, 4.69) is 21.5 Å². The van der Waals surface area contributed by atoms with Crippen molar-refractivity contribution >= 4 is 34.9 Å². The molecule has 0 aliphatic carbocycles. The topological polar surface area (TPSA) is 24.0 Å². The number of likely N-dealkylation sites (tertiary alicyclic amines) is 1. The quantitative estimate of drug-likeness (QED) is 0.807. The Hall–Kier alpha value is -0.840. The number of piperidine rings is 1. The molecule has 2 heterocycles. The predicted molar refractivity (Wildman–Crippen MR) is 77.9 cm³/mol. The summed E-state index contributed by atoms with van der Waals surface area (Å²) in [6, 6.07) is 6.37. The number of H-pyrrole nitrogens is 1. The molecule has 0 atom stereocenters. The van der Waals surface area contributed by atoms with E-state index >= 15 is 0 Å². The van der Waals surface area contributed by atoms with Crippen LogP contribution in [-0.2, 0) is 0 Å². The van der Waals surface area contributed by atoms with Crippen LogP contribution >= 0.6 is 23.8 Å². The maximum absolute atomic E-state index is 6.33. The van der Waals surface area contributed by atoms with Crippen LogP contribution in [0, 0.1) is 4.77 Å². The van der Waals surface area contributed by atoms with E-state index in [1.807, 2.05) is 18.2 Å². The molecule has 96 valence electrons. The normalized spacial score (nSPS) is 18.6. The minimum Gasteiger partial charge on any atom is -0.331 e. The summed E-state index contributed by atoms with van der Waals surface area (Å²) in [5.74, 6) is 0. The maximum Gasteiger partial charge on any atom is 0.178 e. The third-order valence-corrected chi connectivity index (χ3v) is 4.35. The van der Waals surface area contributed by atoms with Gasteiger partial charge in [0.25, 0.3) is 0 Å². The first kappa shape index (κ1) is 12.2. The van der Waals surface area contributed by atoms with Crippen molar-refractivity contribution in [3.63, 3.8) is 0 Å². The van der Waals surface area contributed by atoms with Gasteiger partial charge < -0.3 is 14.5 Å². The lowest BCUT2D eigenvalue weighted by atomic mass is 10.1. The van der Waals surface area contributed by atoms with Crippen LogP contribution in [0.5, 0.6) is 0 Å². The van der Waals surface area contributed by atoms with E-state index in [-0.39, 0.29) is 0 Å². The number of fused-ring (bicyclic) bond motifs is 1. The fourth-order valence-electron chi connectivity index (χ4n) is 2.74. The lowest BCUT2D eigenvalue weighted by Crippen LogP contribution is -2.31. The first-order valence-corrected chi connectivity index (χ1v) is 7.02. The van der Waals surface area contributed by atoms with Crippen LogP contribution in [0.1, 0.15) is 18.9 Å². The zero-order valence-corrected chi connectivity index (χ0v) is 11.9. The van der Waals surface area contributed by atoms with Crippen LogP contribution in [0.2, 0.25) is 5.02 Å². The molecule has 0 spiro atoms. The number of aromatic amines is 1. The van der Waals surface area contributed by atoms with E-state index in [9.17, 15) is 0 Å². The van der Waals surface area contributed by atoms with E-state index in [1.54, 1.807) is 0 Å². The molecule has 1 aromatic heterocycles. The molecule has 3 rings (SSSR count). The van der Waals surface area contributed by atoms with Crippen molar-refractivity contribution in [2.75, 3.05) is 20.1 Å². The molecule has 18 heavy (non-hydrogen) atoms. The number of rotatable bonds is 1. The fourth-order valence-corrected chi connectivity index (χ4v) is 3.36. The van der Waals surface area contributed by atoms with Gasteiger partial charge in [-0.05, 0) is 57.3 Å². The third kappa shape index (κ3) is 1.98. The second kappa shape index (κ2) is 4.68. The van der Waals surface area contributed by atoms with Gasteiger partial charge in [0.05, 0.1) is 16.1 Å². The molecule has 1 aliphatic rings. The first-order valence-electron chi connectivity index (χ1n) is 6.24. The van der Waals surface area contributed by atoms with Crippen molar-refractivity contribution in [3.8, 4) is 0 Å². The highest BCUT2D eigenvalue weighted by atomic mass is 35.5. The fraction of sp³-hybridized carbons (Fsp3) is 0.462. The molecule has 2 aromatic rings. The molecule has 0 radical (unpaired) electrons. The Labute approximate surface area is 116 Å². The van der Waals surface area contributed by atoms with Crippen LogP contribution in [0.25, 0.3) is 11.0 Å². The largest absolute Gasteiger partial charge is 0.331 e. The summed E-state index contributed by atoms with van der Waals surface area (Å²) < 4.78 is 2.99. The van der Waals surface area contributed by atoms with Gasteiger partial charge in [-0.3, -0.25) is 0 Å². The Kier molecular flexibility index (Phi) is 3.18. The van der Waals surface area contributed by atoms with Gasteiger partial charge in [-0.1, -0.05) is 17.7 Å². The molecule has 1 aromatic carbocycles. The SMILES string of the molecule is CN1CCC(n2c(=S)[nH]c3cccc(Cl)c32)CC1. The number of nitrogens with one attached hydrogen (secondary N) is 1. The molecule has 0 amide bonds. The zero-order valence-electron chi connectivity index (χ0n) is 10.3. The van der Waals surface area contributed by atoms with Gasteiger partial charge in [0, 0.05) is 6.04 Å². The van der Waals surface area contributed by atoms with E-state index in [0.717, 1.165) is 46.8 Å². The summed E-state index contributed by atoms with van der Waals surface area (Å²) in [5.41, 5.74) is 2.09. The van der Waals surface area contributed by atoms with Gasteiger partial charge in [-0.15, -0.1) is 0 Å². The number of hydrogen-bond donors (Lipinski definition) is 1. The van der Waals surface area contributed by atoms with E-state index < -0.39 is 0 Å². The minimum atomic E-state index is 0.461. The van der Waals surface area contributed by atoms with Crippen molar-refractivity contribution in [2.24, 2.45) is 0 Å². The van der Waals surface area contributed by atoms with Gasteiger partial charge >= 0.3 is 0 Å². The Bertz CT molecular complexity index is 623. The summed E-state index contributed by atoms with van der Waals surface area (Å²) in [7, 11) is 2.16. The van der Waals surface area contributed by atoms with Gasteiger partial charge in [0.15, 0.2) is 4.77 Å². The first-order chi connectivity index (χ1) is 8.66. The Morgan fingerprint density at radius 2 is 2.06 bits per heavy atom. The number of benzene rings is 1. The molecule has 5 heteroatoms. The Balaban J connectivity index is 2.11. The molecule has 1 fully saturated rings. The summed E-state index contributed by atoms with van der Waals surface area (Å²) in [5, 5.41) is 0.777. The molecule has 1 aliphatic heterocycles. The molecular weight excluding hydrogens is 266 g/mol. The smallest absolute Gasteiger partial charge is 0.178 e. The lowest BCUT2D eigenvalue weighted by Gasteiger charge is -2.30. The predicted octanol–water partition coefficient (Wildman–Crippen LogP) is 3.62. The van der Waals surface area contributed by atoms with Gasteiger partial charge in [-0.25, -0.2) is 0 Å². The summed E-state index contributed by atoms with van der Waals surface area (Å²) in [6.45, 7) is 2.23. The second-order valence-corrected chi connectivity index (χ2v) is 5.76. The Morgan fingerprint density at radius 3 is 2.78 bits per heavy atom. The highest BCUT2D eigenvalue weighted by molar-refractivity contribution is 7.71. The zero-order chi connectivity index (χ0) is 12.7. The standard InChI is InChI=1S/C13H16ClN3S/c1-16-7-5-9(6-8-16)17-12-10(14)3-2-4-11(12)15-13(17)18/h2-4,9H,5-8H2,1H3,(H,15,18). The Morgan fingerprint density at radius 1 is 1.33 bits per heavy atom. The van der Waals surface area contributed by atoms with Gasteiger partial charge in [0.1, 0.15) is 0 Å². The van der Waals surface area contributed by atoms with Crippen LogP contribution < -0.4 is 0 Å². The van der Waals surface area contributed by atoms with Crippen LogP contribution in [0.3, 0.4) is 0 Å². The van der Waals surface area contributed by atoms with Crippen molar-refractivity contribution in [3.05, 3.63) is 28.0 Å².